The maximum atomic E-state index is 6.33. The molecule has 1 nitrogen and oxygen atoms in total. The molecule has 0 fully saturated rings. The third kappa shape index (κ3) is 9.41. The van der Waals surface area contributed by atoms with E-state index in [1.807, 2.05) is 0 Å². The van der Waals surface area contributed by atoms with Gasteiger partial charge in [0, 0.05) is 6.61 Å². The molecular formula is C36H54OPSi+. The Balaban J connectivity index is 1.41. The molecule has 3 rings (SSSR count). The third-order valence-corrected chi connectivity index (χ3v) is 17.8. The van der Waals surface area contributed by atoms with Crippen molar-refractivity contribution in [3.8, 4) is 0 Å². The van der Waals surface area contributed by atoms with Crippen molar-refractivity contribution in [3.63, 3.8) is 0 Å². The number of hydrogen-bond donors (Lipinski definition) is 0. The van der Waals surface area contributed by atoms with Crippen molar-refractivity contribution in [2.45, 2.75) is 103 Å². The molecule has 0 aliphatic heterocycles. The smallest absolute Gasteiger partial charge is 0.191 e. The monoisotopic (exact) mass is 561 g/mol. The Morgan fingerprint density at radius 3 is 1.21 bits per heavy atom. The van der Waals surface area contributed by atoms with E-state index in [4.69, 9.17) is 4.43 Å². The Bertz CT molecular complexity index is 947. The van der Waals surface area contributed by atoms with E-state index in [0.29, 0.717) is 5.04 Å². The second kappa shape index (κ2) is 15.9. The van der Waals surface area contributed by atoms with Gasteiger partial charge in [-0.1, -0.05) is 120 Å². The molecule has 0 atom stereocenters. The van der Waals surface area contributed by atoms with Crippen LogP contribution in [0.1, 0.15) is 85.0 Å². The summed E-state index contributed by atoms with van der Waals surface area (Å²) in [4.78, 5) is 0. The maximum absolute atomic E-state index is 6.33. The maximum Gasteiger partial charge on any atom is 0.191 e. The molecule has 212 valence electrons. The fourth-order valence-electron chi connectivity index (χ4n) is 5.29. The van der Waals surface area contributed by atoms with Crippen molar-refractivity contribution in [1.82, 2.24) is 0 Å². The summed E-state index contributed by atoms with van der Waals surface area (Å²) < 4.78 is 6.33. The summed E-state index contributed by atoms with van der Waals surface area (Å²) in [5.41, 5.74) is 0. The highest BCUT2D eigenvalue weighted by molar-refractivity contribution is 7.95. The van der Waals surface area contributed by atoms with Crippen LogP contribution < -0.4 is 15.9 Å². The van der Waals surface area contributed by atoms with Crippen molar-refractivity contribution in [3.05, 3.63) is 91.0 Å². The minimum atomic E-state index is -1.66. The lowest BCUT2D eigenvalue weighted by atomic mass is 10.1. The van der Waals surface area contributed by atoms with E-state index in [1.165, 1.54) is 86.3 Å². The van der Waals surface area contributed by atoms with E-state index < -0.39 is 15.6 Å². The number of unbranched alkanes of at least 4 members (excludes halogenated alkanes) is 9. The normalized spacial score (nSPS) is 12.5. The van der Waals surface area contributed by atoms with Crippen LogP contribution in [0.3, 0.4) is 0 Å². The van der Waals surface area contributed by atoms with E-state index in [-0.39, 0.29) is 0 Å². The number of benzene rings is 3. The van der Waals surface area contributed by atoms with Gasteiger partial charge in [-0.2, -0.15) is 0 Å². The van der Waals surface area contributed by atoms with Crippen molar-refractivity contribution in [2.75, 3.05) is 12.8 Å². The lowest BCUT2D eigenvalue weighted by Gasteiger charge is -2.36. The minimum absolute atomic E-state index is 0.320. The molecule has 0 radical (unpaired) electrons. The van der Waals surface area contributed by atoms with Gasteiger partial charge in [-0.25, -0.2) is 0 Å². The van der Waals surface area contributed by atoms with Crippen LogP contribution in [0.4, 0.5) is 0 Å². The lowest BCUT2D eigenvalue weighted by Crippen LogP contribution is -2.40. The van der Waals surface area contributed by atoms with Crippen LogP contribution >= 0.6 is 7.26 Å². The van der Waals surface area contributed by atoms with Gasteiger partial charge in [-0.15, -0.1) is 0 Å². The first-order chi connectivity index (χ1) is 18.8. The predicted octanol–water partition coefficient (Wildman–Crippen LogP) is 9.90. The van der Waals surface area contributed by atoms with Crippen molar-refractivity contribution in [1.29, 1.82) is 0 Å². The molecule has 3 aromatic rings. The van der Waals surface area contributed by atoms with Gasteiger partial charge in [-0.05, 0) is 73.8 Å². The van der Waals surface area contributed by atoms with Gasteiger partial charge in [0.1, 0.15) is 23.2 Å². The molecule has 3 aromatic carbocycles. The van der Waals surface area contributed by atoms with Gasteiger partial charge in [-0.3, -0.25) is 0 Å². The molecule has 0 aromatic heterocycles. The van der Waals surface area contributed by atoms with Crippen LogP contribution in [-0.2, 0) is 4.43 Å². The molecule has 39 heavy (non-hydrogen) atoms. The zero-order valence-electron chi connectivity index (χ0n) is 25.5. The van der Waals surface area contributed by atoms with Crippen molar-refractivity contribution in [2.24, 2.45) is 0 Å². The van der Waals surface area contributed by atoms with Gasteiger partial charge in [0.2, 0.25) is 0 Å². The molecule has 0 saturated heterocycles. The summed E-state index contributed by atoms with van der Waals surface area (Å²) in [7, 11) is -3.23. The quantitative estimate of drug-likeness (QED) is 0.0905. The molecule has 3 heteroatoms. The minimum Gasteiger partial charge on any atom is -0.417 e. The Kier molecular flexibility index (Phi) is 13.0. The summed E-state index contributed by atoms with van der Waals surface area (Å²) in [6.07, 6.45) is 14.7. The molecule has 0 amide bonds. The van der Waals surface area contributed by atoms with E-state index in [0.717, 1.165) is 6.61 Å². The number of rotatable bonds is 17. The summed E-state index contributed by atoms with van der Waals surface area (Å²) in [6.45, 7) is 12.7. The van der Waals surface area contributed by atoms with E-state index >= 15 is 0 Å². The van der Waals surface area contributed by atoms with E-state index in [9.17, 15) is 0 Å². The largest absolute Gasteiger partial charge is 0.417 e. The molecule has 0 saturated carbocycles. The van der Waals surface area contributed by atoms with Gasteiger partial charge in [0.05, 0.1) is 6.16 Å². The third-order valence-electron chi connectivity index (χ3n) is 8.75. The summed E-state index contributed by atoms with van der Waals surface area (Å²) >= 11 is 0. The van der Waals surface area contributed by atoms with Gasteiger partial charge < -0.3 is 4.43 Å². The summed E-state index contributed by atoms with van der Waals surface area (Å²) in [5.74, 6) is 0. The van der Waals surface area contributed by atoms with E-state index in [1.54, 1.807) is 0 Å². The first kappa shape index (κ1) is 31.8. The average molecular weight is 562 g/mol. The average Bonchev–Trinajstić information content (AvgIpc) is 2.94. The molecule has 0 bridgehead atoms. The van der Waals surface area contributed by atoms with Gasteiger partial charge in [0.15, 0.2) is 8.32 Å². The lowest BCUT2D eigenvalue weighted by molar-refractivity contribution is 0.277. The Labute approximate surface area is 242 Å². The summed E-state index contributed by atoms with van der Waals surface area (Å²) in [5, 5.41) is 4.85. The first-order valence-corrected chi connectivity index (χ1v) is 20.3. The zero-order chi connectivity index (χ0) is 28.0. The Hall–Kier alpha value is -1.73. The second-order valence-corrected chi connectivity index (χ2v) is 21.1. The van der Waals surface area contributed by atoms with Crippen LogP contribution in [0.25, 0.3) is 0 Å². The summed E-state index contributed by atoms with van der Waals surface area (Å²) in [6, 6.07) is 34.0. The second-order valence-electron chi connectivity index (χ2n) is 12.7. The van der Waals surface area contributed by atoms with E-state index in [2.05, 4.69) is 125 Å². The molecule has 0 heterocycles. The van der Waals surface area contributed by atoms with Crippen molar-refractivity contribution < 1.29 is 4.43 Å². The molecule has 0 N–H and O–H groups in total. The van der Waals surface area contributed by atoms with Crippen LogP contribution in [0.15, 0.2) is 91.0 Å². The standard InChI is InChI=1S/C36H54OPSi/c1-36(2,3)39(4,5)37-31-23-12-10-8-6-7-9-11-13-24-32-38(33-25-17-14-18-26-33,34-27-19-15-20-28-34)35-29-21-16-22-30-35/h14-22,25-30H,6-13,23-24,31-32H2,1-5H3/q+1. The molecular weight excluding hydrogens is 507 g/mol. The first-order valence-electron chi connectivity index (χ1n) is 15.5. The van der Waals surface area contributed by atoms with Gasteiger partial charge >= 0.3 is 0 Å². The van der Waals surface area contributed by atoms with Crippen molar-refractivity contribution >= 4 is 31.5 Å². The van der Waals surface area contributed by atoms with Crippen LogP contribution in [0.5, 0.6) is 0 Å². The Morgan fingerprint density at radius 1 is 0.513 bits per heavy atom. The molecule has 0 aliphatic carbocycles. The van der Waals surface area contributed by atoms with Crippen LogP contribution in [-0.4, -0.2) is 21.1 Å². The topological polar surface area (TPSA) is 9.23 Å². The highest BCUT2D eigenvalue weighted by Gasteiger charge is 2.44. The van der Waals surface area contributed by atoms with Crippen LogP contribution in [0.2, 0.25) is 18.1 Å². The van der Waals surface area contributed by atoms with Gasteiger partial charge in [0.25, 0.3) is 0 Å². The highest BCUT2D eigenvalue weighted by atomic mass is 31.2. The predicted molar refractivity (Wildman–Crippen MR) is 179 cm³/mol. The number of hydrogen-bond acceptors (Lipinski definition) is 1. The SMILES string of the molecule is CC(C)(C)[Si](C)(C)OCCCCCCCCCCCC[P+](c1ccccc1)(c1ccccc1)c1ccccc1. The van der Waals surface area contributed by atoms with Crippen LogP contribution in [0, 0.1) is 0 Å². The highest BCUT2D eigenvalue weighted by Crippen LogP contribution is 2.56. The molecule has 0 unspecified atom stereocenters. The Morgan fingerprint density at radius 2 is 0.846 bits per heavy atom. The fraction of sp³-hybridized carbons (Fsp3) is 0.500. The fourth-order valence-corrected chi connectivity index (χ4v) is 10.8. The zero-order valence-corrected chi connectivity index (χ0v) is 27.4. The molecule has 0 aliphatic rings. The molecule has 0 spiro atoms.